The first kappa shape index (κ1) is 11.3. The highest BCUT2D eigenvalue weighted by atomic mass is 16.5. The normalized spacial score (nSPS) is 17.8. The third-order valence-electron chi connectivity index (χ3n) is 2.80. The van der Waals surface area contributed by atoms with Gasteiger partial charge in [-0.25, -0.2) is 4.79 Å². The van der Waals surface area contributed by atoms with Gasteiger partial charge in [0.25, 0.3) is 0 Å². The number of carbonyl (C=O) groups is 1. The van der Waals surface area contributed by atoms with Crippen molar-refractivity contribution in [2.45, 2.75) is 45.4 Å². The summed E-state index contributed by atoms with van der Waals surface area (Å²) in [6.45, 7) is 6.37. The van der Waals surface area contributed by atoms with E-state index in [1.165, 1.54) is 19.3 Å². The van der Waals surface area contributed by atoms with Crippen LogP contribution in [0.25, 0.3) is 0 Å². The molecule has 0 radical (unpaired) electrons. The van der Waals surface area contributed by atoms with Crippen molar-refractivity contribution in [3.05, 3.63) is 12.2 Å². The van der Waals surface area contributed by atoms with Gasteiger partial charge in [-0.3, -0.25) is 0 Å². The van der Waals surface area contributed by atoms with Crippen LogP contribution in [0.5, 0.6) is 0 Å². The average Bonchev–Trinajstić information content (AvgIpc) is 2.26. The Morgan fingerprint density at radius 3 is 2.57 bits per heavy atom. The number of rotatable bonds is 4. The quantitative estimate of drug-likeness (QED) is 0.510. The predicted molar refractivity (Wildman–Crippen MR) is 57.0 cm³/mol. The first-order valence-electron chi connectivity index (χ1n) is 5.61. The van der Waals surface area contributed by atoms with Gasteiger partial charge in [0.05, 0.1) is 6.61 Å². The van der Waals surface area contributed by atoms with Crippen LogP contribution >= 0.6 is 0 Å². The minimum atomic E-state index is -0.182. The Morgan fingerprint density at radius 2 is 2.00 bits per heavy atom. The lowest BCUT2D eigenvalue weighted by Crippen LogP contribution is -2.17. The van der Waals surface area contributed by atoms with Crippen LogP contribution in [-0.2, 0) is 9.53 Å². The fourth-order valence-electron chi connectivity index (χ4n) is 1.91. The molecule has 1 aliphatic carbocycles. The van der Waals surface area contributed by atoms with Crippen molar-refractivity contribution in [2.24, 2.45) is 5.92 Å². The lowest BCUT2D eigenvalue weighted by Gasteiger charge is -2.22. The minimum absolute atomic E-state index is 0.182. The Kier molecular flexibility index (Phi) is 4.71. The highest BCUT2D eigenvalue weighted by Crippen LogP contribution is 2.29. The summed E-state index contributed by atoms with van der Waals surface area (Å²) in [4.78, 5) is 11.5. The SMILES string of the molecule is C=C(C(=O)OCCC)C1CCCCC1. The molecule has 1 rings (SSSR count). The van der Waals surface area contributed by atoms with E-state index in [-0.39, 0.29) is 5.97 Å². The zero-order chi connectivity index (χ0) is 10.4. The Hall–Kier alpha value is -0.790. The molecule has 0 aliphatic heterocycles. The molecule has 2 heteroatoms. The maximum atomic E-state index is 11.5. The van der Waals surface area contributed by atoms with Crippen LogP contribution in [0.15, 0.2) is 12.2 Å². The lowest BCUT2D eigenvalue weighted by atomic mass is 9.84. The average molecular weight is 196 g/mol. The number of hydrogen-bond acceptors (Lipinski definition) is 2. The molecule has 0 amide bonds. The molecule has 0 N–H and O–H groups in total. The van der Waals surface area contributed by atoms with E-state index in [9.17, 15) is 4.79 Å². The molecule has 80 valence electrons. The van der Waals surface area contributed by atoms with Crippen LogP contribution in [0.2, 0.25) is 0 Å². The topological polar surface area (TPSA) is 26.3 Å². The number of ether oxygens (including phenoxy) is 1. The smallest absolute Gasteiger partial charge is 0.333 e. The van der Waals surface area contributed by atoms with E-state index in [0.29, 0.717) is 18.1 Å². The van der Waals surface area contributed by atoms with Crippen LogP contribution in [0.4, 0.5) is 0 Å². The maximum Gasteiger partial charge on any atom is 0.333 e. The Labute approximate surface area is 86.3 Å². The van der Waals surface area contributed by atoms with Gasteiger partial charge in [-0.05, 0) is 25.2 Å². The van der Waals surface area contributed by atoms with Gasteiger partial charge in [0.1, 0.15) is 0 Å². The van der Waals surface area contributed by atoms with E-state index >= 15 is 0 Å². The van der Waals surface area contributed by atoms with Gasteiger partial charge in [-0.15, -0.1) is 0 Å². The van der Waals surface area contributed by atoms with Crippen molar-refractivity contribution in [1.82, 2.24) is 0 Å². The second-order valence-electron chi connectivity index (χ2n) is 4.00. The van der Waals surface area contributed by atoms with Gasteiger partial charge in [0.2, 0.25) is 0 Å². The molecule has 0 aromatic carbocycles. The summed E-state index contributed by atoms with van der Waals surface area (Å²) in [6.07, 6.45) is 6.85. The Bertz CT molecular complexity index is 202. The van der Waals surface area contributed by atoms with E-state index in [1.807, 2.05) is 6.92 Å². The third-order valence-corrected chi connectivity index (χ3v) is 2.80. The van der Waals surface area contributed by atoms with E-state index in [2.05, 4.69) is 6.58 Å². The van der Waals surface area contributed by atoms with Gasteiger partial charge >= 0.3 is 5.97 Å². The molecule has 1 fully saturated rings. The second-order valence-corrected chi connectivity index (χ2v) is 4.00. The summed E-state index contributed by atoms with van der Waals surface area (Å²) in [5, 5.41) is 0. The zero-order valence-electron chi connectivity index (χ0n) is 9.05. The summed E-state index contributed by atoms with van der Waals surface area (Å²) in [6, 6.07) is 0. The highest BCUT2D eigenvalue weighted by molar-refractivity contribution is 5.88. The predicted octanol–water partition coefficient (Wildman–Crippen LogP) is 3.08. The van der Waals surface area contributed by atoms with Crippen LogP contribution in [-0.4, -0.2) is 12.6 Å². The van der Waals surface area contributed by atoms with E-state index < -0.39 is 0 Å². The molecule has 0 aromatic heterocycles. The molecule has 14 heavy (non-hydrogen) atoms. The Morgan fingerprint density at radius 1 is 1.36 bits per heavy atom. The molecule has 2 nitrogen and oxygen atoms in total. The van der Waals surface area contributed by atoms with Gasteiger partial charge in [0.15, 0.2) is 0 Å². The fraction of sp³-hybridized carbons (Fsp3) is 0.750. The molecule has 1 aliphatic rings. The summed E-state index contributed by atoms with van der Waals surface area (Å²) in [5.74, 6) is 0.201. The van der Waals surface area contributed by atoms with E-state index in [1.54, 1.807) is 0 Å². The monoisotopic (exact) mass is 196 g/mol. The van der Waals surface area contributed by atoms with Crippen molar-refractivity contribution in [2.75, 3.05) is 6.61 Å². The van der Waals surface area contributed by atoms with Gasteiger partial charge in [-0.1, -0.05) is 32.8 Å². The first-order valence-corrected chi connectivity index (χ1v) is 5.61. The van der Waals surface area contributed by atoms with Crippen LogP contribution < -0.4 is 0 Å². The molecule has 0 unspecified atom stereocenters. The molecule has 0 spiro atoms. The molecule has 0 aromatic rings. The van der Waals surface area contributed by atoms with E-state index in [0.717, 1.165) is 19.3 Å². The summed E-state index contributed by atoms with van der Waals surface area (Å²) >= 11 is 0. The largest absolute Gasteiger partial charge is 0.462 e. The molecule has 0 atom stereocenters. The second kappa shape index (κ2) is 5.84. The minimum Gasteiger partial charge on any atom is -0.462 e. The molecular formula is C12H20O2. The van der Waals surface area contributed by atoms with Crippen molar-refractivity contribution in [1.29, 1.82) is 0 Å². The summed E-state index contributed by atoms with van der Waals surface area (Å²) in [7, 11) is 0. The third kappa shape index (κ3) is 3.17. The van der Waals surface area contributed by atoms with Crippen molar-refractivity contribution < 1.29 is 9.53 Å². The molecule has 0 heterocycles. The summed E-state index contributed by atoms with van der Waals surface area (Å²) < 4.78 is 5.07. The number of hydrogen-bond donors (Lipinski definition) is 0. The van der Waals surface area contributed by atoms with Crippen LogP contribution in [0.3, 0.4) is 0 Å². The molecule has 1 saturated carbocycles. The van der Waals surface area contributed by atoms with Crippen LogP contribution in [0.1, 0.15) is 45.4 Å². The summed E-state index contributed by atoms with van der Waals surface area (Å²) in [5.41, 5.74) is 0.693. The zero-order valence-corrected chi connectivity index (χ0v) is 9.05. The van der Waals surface area contributed by atoms with Gasteiger partial charge in [-0.2, -0.15) is 0 Å². The van der Waals surface area contributed by atoms with Crippen molar-refractivity contribution in [3.8, 4) is 0 Å². The number of esters is 1. The van der Waals surface area contributed by atoms with Crippen molar-refractivity contribution >= 4 is 5.97 Å². The molecule has 0 saturated heterocycles. The van der Waals surface area contributed by atoms with Gasteiger partial charge < -0.3 is 4.74 Å². The van der Waals surface area contributed by atoms with Crippen molar-refractivity contribution in [3.63, 3.8) is 0 Å². The van der Waals surface area contributed by atoms with E-state index in [4.69, 9.17) is 4.74 Å². The Balaban J connectivity index is 2.34. The van der Waals surface area contributed by atoms with Crippen LogP contribution in [0, 0.1) is 5.92 Å². The molecule has 0 bridgehead atoms. The maximum absolute atomic E-state index is 11.5. The fourth-order valence-corrected chi connectivity index (χ4v) is 1.91. The highest BCUT2D eigenvalue weighted by Gasteiger charge is 2.21. The lowest BCUT2D eigenvalue weighted by molar-refractivity contribution is -0.139. The standard InChI is InChI=1S/C12H20O2/c1-3-9-14-12(13)10(2)11-7-5-4-6-8-11/h11H,2-9H2,1H3. The number of carbonyl (C=O) groups excluding carboxylic acids is 1. The molecular weight excluding hydrogens is 176 g/mol. The first-order chi connectivity index (χ1) is 6.75. The van der Waals surface area contributed by atoms with Gasteiger partial charge in [0, 0.05) is 5.57 Å².